The number of nitrogens with zero attached hydrogens (tertiary/aromatic N) is 1. The average Bonchev–Trinajstić information content (AvgIpc) is 2.03. The maximum Gasteiger partial charge on any atom is 0.0197 e. The molecule has 1 rings (SSSR count). The Bertz CT molecular complexity index is 123. The van der Waals surface area contributed by atoms with Gasteiger partial charge in [0.1, 0.15) is 0 Å². The SMILES string of the molecule is CCN1CCC[C@@H](NC(C)C)C1. The number of rotatable bonds is 3. The summed E-state index contributed by atoms with van der Waals surface area (Å²) < 4.78 is 0. The van der Waals surface area contributed by atoms with E-state index >= 15 is 0 Å². The second kappa shape index (κ2) is 4.83. The summed E-state index contributed by atoms with van der Waals surface area (Å²) >= 11 is 0. The Hall–Kier alpha value is -0.0800. The third-order valence-electron chi connectivity index (χ3n) is 2.52. The van der Waals surface area contributed by atoms with Crippen molar-refractivity contribution in [1.29, 1.82) is 0 Å². The van der Waals surface area contributed by atoms with Crippen molar-refractivity contribution in [2.24, 2.45) is 0 Å². The minimum atomic E-state index is 0.631. The lowest BCUT2D eigenvalue weighted by Crippen LogP contribution is -2.47. The third-order valence-corrected chi connectivity index (χ3v) is 2.52. The number of hydrogen-bond acceptors (Lipinski definition) is 2. The molecule has 0 bridgehead atoms. The molecular weight excluding hydrogens is 148 g/mol. The summed E-state index contributed by atoms with van der Waals surface area (Å²) in [6.45, 7) is 10.4. The average molecular weight is 170 g/mol. The van der Waals surface area contributed by atoms with Gasteiger partial charge in [0, 0.05) is 18.6 Å². The van der Waals surface area contributed by atoms with Gasteiger partial charge < -0.3 is 10.2 Å². The van der Waals surface area contributed by atoms with Gasteiger partial charge in [-0.1, -0.05) is 20.8 Å². The van der Waals surface area contributed by atoms with Crippen LogP contribution in [0.5, 0.6) is 0 Å². The monoisotopic (exact) mass is 170 g/mol. The first-order chi connectivity index (χ1) is 5.72. The second-order valence-corrected chi connectivity index (χ2v) is 4.05. The van der Waals surface area contributed by atoms with Crippen LogP contribution in [0.3, 0.4) is 0 Å². The van der Waals surface area contributed by atoms with Crippen LogP contribution in [0.25, 0.3) is 0 Å². The molecule has 0 amide bonds. The van der Waals surface area contributed by atoms with Gasteiger partial charge in [-0.25, -0.2) is 0 Å². The zero-order valence-electron chi connectivity index (χ0n) is 8.64. The van der Waals surface area contributed by atoms with Gasteiger partial charge in [-0.3, -0.25) is 0 Å². The molecule has 12 heavy (non-hydrogen) atoms. The quantitative estimate of drug-likeness (QED) is 0.690. The summed E-state index contributed by atoms with van der Waals surface area (Å²) in [7, 11) is 0. The molecule has 2 nitrogen and oxygen atoms in total. The first-order valence-corrected chi connectivity index (χ1v) is 5.20. The van der Waals surface area contributed by atoms with E-state index in [-0.39, 0.29) is 0 Å². The molecule has 1 atom stereocenters. The molecule has 0 aromatic heterocycles. The minimum absolute atomic E-state index is 0.631. The molecule has 0 radical (unpaired) electrons. The molecule has 0 spiro atoms. The molecule has 1 saturated heterocycles. The Balaban J connectivity index is 2.25. The number of hydrogen-bond donors (Lipinski definition) is 1. The highest BCUT2D eigenvalue weighted by molar-refractivity contribution is 4.78. The fourth-order valence-corrected chi connectivity index (χ4v) is 1.95. The molecule has 0 aromatic rings. The fraction of sp³-hybridized carbons (Fsp3) is 1.00. The summed E-state index contributed by atoms with van der Waals surface area (Å²) in [5.74, 6) is 0. The van der Waals surface area contributed by atoms with Gasteiger partial charge in [-0.2, -0.15) is 0 Å². The largest absolute Gasteiger partial charge is 0.311 e. The number of likely N-dealkylation sites (tertiary alicyclic amines) is 1. The molecule has 0 aromatic carbocycles. The lowest BCUT2D eigenvalue weighted by atomic mass is 10.1. The number of nitrogens with one attached hydrogen (secondary N) is 1. The van der Waals surface area contributed by atoms with Crippen LogP contribution in [0, 0.1) is 0 Å². The minimum Gasteiger partial charge on any atom is -0.311 e. The summed E-state index contributed by atoms with van der Waals surface area (Å²) in [5.41, 5.74) is 0. The Morgan fingerprint density at radius 3 is 2.83 bits per heavy atom. The van der Waals surface area contributed by atoms with Crippen LogP contribution in [0.4, 0.5) is 0 Å². The summed E-state index contributed by atoms with van der Waals surface area (Å²) in [4.78, 5) is 2.53. The first kappa shape index (κ1) is 10.0. The van der Waals surface area contributed by atoms with Crippen LogP contribution in [0.1, 0.15) is 33.6 Å². The normalized spacial score (nSPS) is 26.5. The molecule has 1 N–H and O–H groups in total. The van der Waals surface area contributed by atoms with Crippen LogP contribution >= 0.6 is 0 Å². The van der Waals surface area contributed by atoms with E-state index in [4.69, 9.17) is 0 Å². The van der Waals surface area contributed by atoms with Gasteiger partial charge in [-0.15, -0.1) is 0 Å². The highest BCUT2D eigenvalue weighted by Gasteiger charge is 2.18. The molecule has 1 heterocycles. The van der Waals surface area contributed by atoms with Crippen molar-refractivity contribution in [1.82, 2.24) is 10.2 Å². The van der Waals surface area contributed by atoms with Crippen molar-refractivity contribution in [2.45, 2.75) is 45.7 Å². The van der Waals surface area contributed by atoms with E-state index in [9.17, 15) is 0 Å². The molecule has 0 aliphatic carbocycles. The van der Waals surface area contributed by atoms with Gasteiger partial charge in [0.15, 0.2) is 0 Å². The molecule has 72 valence electrons. The van der Waals surface area contributed by atoms with Crippen LogP contribution in [0.15, 0.2) is 0 Å². The molecule has 0 saturated carbocycles. The topological polar surface area (TPSA) is 15.3 Å². The van der Waals surface area contributed by atoms with Gasteiger partial charge in [-0.05, 0) is 25.9 Å². The zero-order valence-corrected chi connectivity index (χ0v) is 8.64. The summed E-state index contributed by atoms with van der Waals surface area (Å²) in [6, 6.07) is 1.37. The Labute approximate surface area is 76.3 Å². The van der Waals surface area contributed by atoms with Crippen LogP contribution in [0.2, 0.25) is 0 Å². The fourth-order valence-electron chi connectivity index (χ4n) is 1.95. The van der Waals surface area contributed by atoms with Crippen LogP contribution < -0.4 is 5.32 Å². The number of piperidine rings is 1. The van der Waals surface area contributed by atoms with Gasteiger partial charge in [0.25, 0.3) is 0 Å². The van der Waals surface area contributed by atoms with E-state index in [2.05, 4.69) is 31.0 Å². The molecule has 1 aliphatic rings. The van der Waals surface area contributed by atoms with Crippen molar-refractivity contribution >= 4 is 0 Å². The molecule has 1 fully saturated rings. The highest BCUT2D eigenvalue weighted by Crippen LogP contribution is 2.09. The maximum atomic E-state index is 3.60. The van der Waals surface area contributed by atoms with E-state index in [1.165, 1.54) is 32.5 Å². The van der Waals surface area contributed by atoms with E-state index in [0.717, 1.165) is 6.04 Å². The molecule has 2 heteroatoms. The van der Waals surface area contributed by atoms with Gasteiger partial charge >= 0.3 is 0 Å². The van der Waals surface area contributed by atoms with E-state index in [1.807, 2.05) is 0 Å². The summed E-state index contributed by atoms with van der Waals surface area (Å²) in [5, 5.41) is 3.60. The first-order valence-electron chi connectivity index (χ1n) is 5.20. The van der Waals surface area contributed by atoms with Crippen molar-refractivity contribution in [3.63, 3.8) is 0 Å². The van der Waals surface area contributed by atoms with Crippen molar-refractivity contribution < 1.29 is 0 Å². The van der Waals surface area contributed by atoms with E-state index in [0.29, 0.717) is 6.04 Å². The molecule has 0 unspecified atom stereocenters. The number of likely N-dealkylation sites (N-methyl/N-ethyl adjacent to an activating group) is 1. The third kappa shape index (κ3) is 3.11. The Morgan fingerprint density at radius 2 is 2.25 bits per heavy atom. The van der Waals surface area contributed by atoms with Gasteiger partial charge in [0.05, 0.1) is 0 Å². The standard InChI is InChI=1S/C10H22N2/c1-4-12-7-5-6-10(8-12)11-9(2)3/h9-11H,4-8H2,1-3H3/t10-/m1/s1. The van der Waals surface area contributed by atoms with Crippen molar-refractivity contribution in [2.75, 3.05) is 19.6 Å². The van der Waals surface area contributed by atoms with E-state index in [1.54, 1.807) is 0 Å². The van der Waals surface area contributed by atoms with E-state index < -0.39 is 0 Å². The van der Waals surface area contributed by atoms with Crippen LogP contribution in [-0.4, -0.2) is 36.6 Å². The van der Waals surface area contributed by atoms with Crippen molar-refractivity contribution in [3.8, 4) is 0 Å². The molecule has 1 aliphatic heterocycles. The lowest BCUT2D eigenvalue weighted by Gasteiger charge is -2.33. The maximum absolute atomic E-state index is 3.60. The predicted octanol–water partition coefficient (Wildman–Crippen LogP) is 1.47. The van der Waals surface area contributed by atoms with Gasteiger partial charge in [0.2, 0.25) is 0 Å². The Morgan fingerprint density at radius 1 is 1.50 bits per heavy atom. The smallest absolute Gasteiger partial charge is 0.0197 e. The highest BCUT2D eigenvalue weighted by atomic mass is 15.2. The molecular formula is C10H22N2. The second-order valence-electron chi connectivity index (χ2n) is 4.05. The zero-order chi connectivity index (χ0) is 8.97. The van der Waals surface area contributed by atoms with Crippen molar-refractivity contribution in [3.05, 3.63) is 0 Å². The Kier molecular flexibility index (Phi) is 4.02. The summed E-state index contributed by atoms with van der Waals surface area (Å²) in [6.07, 6.45) is 2.72. The lowest BCUT2D eigenvalue weighted by molar-refractivity contribution is 0.193. The van der Waals surface area contributed by atoms with Crippen LogP contribution in [-0.2, 0) is 0 Å². The predicted molar refractivity (Wildman–Crippen MR) is 53.4 cm³/mol.